The molecule has 3 heterocycles. The third kappa shape index (κ3) is 3.59. The Kier molecular flexibility index (Phi) is 4.69. The standard InChI is InChI=1S/C22H25N5O/c1-4-12-27(13-5-1)21-22(24-11-10-23-21)28-18-14-17(15-18)25-20-9-8-16-6-2-3-7-19(16)26-20/h2-3,6-11,17-18H,1,4-5,12-15H2,(H,25,26). The van der Waals surface area contributed by atoms with Gasteiger partial charge in [0.2, 0.25) is 0 Å². The van der Waals surface area contributed by atoms with Crippen molar-refractivity contribution in [2.75, 3.05) is 23.3 Å². The fraction of sp³-hybridized carbons (Fsp3) is 0.409. The van der Waals surface area contributed by atoms with Gasteiger partial charge in [0.15, 0.2) is 5.82 Å². The number of aromatic nitrogens is 3. The number of nitrogens with zero attached hydrogens (tertiary/aromatic N) is 4. The fourth-order valence-electron chi connectivity index (χ4n) is 4.02. The van der Waals surface area contributed by atoms with Crippen LogP contribution in [0.1, 0.15) is 32.1 Å². The van der Waals surface area contributed by atoms with Crippen LogP contribution >= 0.6 is 0 Å². The quantitative estimate of drug-likeness (QED) is 0.726. The van der Waals surface area contributed by atoms with Crippen LogP contribution in [0.2, 0.25) is 0 Å². The van der Waals surface area contributed by atoms with Crippen LogP contribution in [0.4, 0.5) is 11.6 Å². The van der Waals surface area contributed by atoms with E-state index in [2.05, 4.69) is 32.3 Å². The molecule has 0 atom stereocenters. The van der Waals surface area contributed by atoms with Gasteiger partial charge in [-0.1, -0.05) is 18.2 Å². The first kappa shape index (κ1) is 17.2. The second-order valence-corrected chi connectivity index (χ2v) is 7.67. The first-order valence-electron chi connectivity index (χ1n) is 10.2. The van der Waals surface area contributed by atoms with Crippen molar-refractivity contribution in [3.05, 3.63) is 48.8 Å². The maximum absolute atomic E-state index is 6.20. The van der Waals surface area contributed by atoms with Crippen LogP contribution < -0.4 is 15.0 Å². The van der Waals surface area contributed by atoms with Crippen LogP contribution in [0.25, 0.3) is 10.9 Å². The topological polar surface area (TPSA) is 63.2 Å². The molecule has 0 bridgehead atoms. The van der Waals surface area contributed by atoms with E-state index in [-0.39, 0.29) is 6.10 Å². The molecule has 2 aliphatic rings. The SMILES string of the molecule is c1ccc2nc(NC3CC(Oc4nccnc4N4CCCCC4)C3)ccc2c1. The minimum atomic E-state index is 0.179. The molecule has 1 aliphatic heterocycles. The van der Waals surface area contributed by atoms with E-state index in [1.165, 1.54) is 19.3 Å². The summed E-state index contributed by atoms with van der Waals surface area (Å²) in [5, 5.41) is 4.69. The number of piperidine rings is 1. The van der Waals surface area contributed by atoms with E-state index in [0.717, 1.165) is 48.5 Å². The lowest BCUT2D eigenvalue weighted by atomic mass is 9.89. The van der Waals surface area contributed by atoms with Crippen LogP contribution in [0, 0.1) is 0 Å². The third-order valence-corrected chi connectivity index (χ3v) is 5.63. The molecule has 1 saturated carbocycles. The summed E-state index contributed by atoms with van der Waals surface area (Å²) in [5.74, 6) is 2.50. The Morgan fingerprint density at radius 1 is 0.929 bits per heavy atom. The number of benzene rings is 1. The molecule has 6 nitrogen and oxygen atoms in total. The molecule has 0 amide bonds. The van der Waals surface area contributed by atoms with Crippen LogP contribution in [0.3, 0.4) is 0 Å². The molecule has 0 radical (unpaired) electrons. The molecule has 5 rings (SSSR count). The molecule has 1 aliphatic carbocycles. The summed E-state index contributed by atoms with van der Waals surface area (Å²) >= 11 is 0. The highest BCUT2D eigenvalue weighted by Crippen LogP contribution is 2.32. The number of ether oxygens (including phenoxy) is 1. The van der Waals surface area contributed by atoms with Gasteiger partial charge >= 0.3 is 0 Å². The van der Waals surface area contributed by atoms with Gasteiger partial charge in [-0.25, -0.2) is 15.0 Å². The Labute approximate surface area is 165 Å². The molecule has 6 heteroatoms. The van der Waals surface area contributed by atoms with Gasteiger partial charge in [-0.3, -0.25) is 0 Å². The van der Waals surface area contributed by atoms with Crippen molar-refractivity contribution >= 4 is 22.5 Å². The van der Waals surface area contributed by atoms with Gasteiger partial charge in [-0.15, -0.1) is 0 Å². The van der Waals surface area contributed by atoms with Crippen molar-refractivity contribution < 1.29 is 4.74 Å². The predicted octanol–water partition coefficient (Wildman–Crippen LogP) is 4.04. The van der Waals surface area contributed by atoms with Crippen LogP contribution in [0.15, 0.2) is 48.8 Å². The number of anilines is 2. The monoisotopic (exact) mass is 375 g/mol. The molecular formula is C22H25N5O. The summed E-state index contributed by atoms with van der Waals surface area (Å²) in [6, 6.07) is 12.7. The summed E-state index contributed by atoms with van der Waals surface area (Å²) in [6.07, 6.45) is 9.27. The summed E-state index contributed by atoms with van der Waals surface area (Å²) in [6.45, 7) is 2.08. The number of nitrogens with one attached hydrogen (secondary N) is 1. The molecule has 0 spiro atoms. The van der Waals surface area contributed by atoms with Crippen LogP contribution in [0.5, 0.6) is 5.88 Å². The van der Waals surface area contributed by atoms with Crippen LogP contribution in [-0.4, -0.2) is 40.2 Å². The van der Waals surface area contributed by atoms with Crippen molar-refractivity contribution in [2.45, 2.75) is 44.2 Å². The maximum atomic E-state index is 6.20. The lowest BCUT2D eigenvalue weighted by Crippen LogP contribution is -2.43. The van der Waals surface area contributed by atoms with Gasteiger partial charge in [0.05, 0.1) is 5.52 Å². The number of pyridine rings is 1. The molecular weight excluding hydrogens is 350 g/mol. The third-order valence-electron chi connectivity index (χ3n) is 5.63. The van der Waals surface area contributed by atoms with Crippen molar-refractivity contribution in [2.24, 2.45) is 0 Å². The lowest BCUT2D eigenvalue weighted by molar-refractivity contribution is 0.102. The van der Waals surface area contributed by atoms with E-state index < -0.39 is 0 Å². The normalized spacial score (nSPS) is 21.9. The molecule has 2 fully saturated rings. The molecule has 144 valence electrons. The molecule has 1 N–H and O–H groups in total. The van der Waals surface area contributed by atoms with Gasteiger partial charge in [0, 0.05) is 49.8 Å². The van der Waals surface area contributed by atoms with Gasteiger partial charge in [-0.2, -0.15) is 0 Å². The minimum absolute atomic E-state index is 0.179. The summed E-state index contributed by atoms with van der Waals surface area (Å²) < 4.78 is 6.20. The largest absolute Gasteiger partial charge is 0.472 e. The summed E-state index contributed by atoms with van der Waals surface area (Å²) in [5.41, 5.74) is 1.02. The molecule has 1 aromatic carbocycles. The lowest BCUT2D eigenvalue weighted by Gasteiger charge is -2.36. The zero-order chi connectivity index (χ0) is 18.8. The number of hydrogen-bond acceptors (Lipinski definition) is 6. The summed E-state index contributed by atoms with van der Waals surface area (Å²) in [4.78, 5) is 16.0. The van der Waals surface area contributed by atoms with E-state index in [4.69, 9.17) is 9.72 Å². The number of hydrogen-bond donors (Lipinski definition) is 1. The molecule has 3 aromatic rings. The van der Waals surface area contributed by atoms with Crippen molar-refractivity contribution in [3.8, 4) is 5.88 Å². The predicted molar refractivity (Wildman–Crippen MR) is 111 cm³/mol. The maximum Gasteiger partial charge on any atom is 0.257 e. The van der Waals surface area contributed by atoms with E-state index in [0.29, 0.717) is 11.9 Å². The van der Waals surface area contributed by atoms with Gasteiger partial charge in [0.25, 0.3) is 5.88 Å². The van der Waals surface area contributed by atoms with Crippen molar-refractivity contribution in [1.29, 1.82) is 0 Å². The Hall–Kier alpha value is -2.89. The van der Waals surface area contributed by atoms with Crippen molar-refractivity contribution in [1.82, 2.24) is 15.0 Å². The molecule has 2 aromatic heterocycles. The molecule has 0 unspecified atom stereocenters. The van der Waals surface area contributed by atoms with Crippen LogP contribution in [-0.2, 0) is 0 Å². The second-order valence-electron chi connectivity index (χ2n) is 7.67. The number of rotatable bonds is 5. The highest BCUT2D eigenvalue weighted by molar-refractivity contribution is 5.80. The fourth-order valence-corrected chi connectivity index (χ4v) is 4.02. The first-order valence-corrected chi connectivity index (χ1v) is 10.2. The van der Waals surface area contributed by atoms with Gasteiger partial charge in [0.1, 0.15) is 11.9 Å². The number of fused-ring (bicyclic) bond motifs is 1. The Bertz CT molecular complexity index is 950. The first-order chi connectivity index (χ1) is 13.8. The zero-order valence-electron chi connectivity index (χ0n) is 15.9. The second kappa shape index (κ2) is 7.62. The average molecular weight is 375 g/mol. The minimum Gasteiger partial charge on any atom is -0.472 e. The highest BCUT2D eigenvalue weighted by atomic mass is 16.5. The van der Waals surface area contributed by atoms with Gasteiger partial charge in [-0.05, 0) is 37.5 Å². The zero-order valence-corrected chi connectivity index (χ0v) is 15.9. The Morgan fingerprint density at radius 2 is 1.75 bits per heavy atom. The van der Waals surface area contributed by atoms with E-state index >= 15 is 0 Å². The smallest absolute Gasteiger partial charge is 0.257 e. The summed E-state index contributed by atoms with van der Waals surface area (Å²) in [7, 11) is 0. The van der Waals surface area contributed by atoms with E-state index in [1.54, 1.807) is 12.4 Å². The number of para-hydroxylation sites is 1. The van der Waals surface area contributed by atoms with E-state index in [9.17, 15) is 0 Å². The molecule has 1 saturated heterocycles. The Balaban J connectivity index is 1.19. The Morgan fingerprint density at radius 3 is 2.64 bits per heavy atom. The highest BCUT2D eigenvalue weighted by Gasteiger charge is 2.32. The van der Waals surface area contributed by atoms with Gasteiger partial charge < -0.3 is 15.0 Å². The average Bonchev–Trinajstić information content (AvgIpc) is 2.73. The van der Waals surface area contributed by atoms with E-state index in [1.807, 2.05) is 24.3 Å². The van der Waals surface area contributed by atoms with Crippen molar-refractivity contribution in [3.63, 3.8) is 0 Å². The molecule has 28 heavy (non-hydrogen) atoms.